The van der Waals surface area contributed by atoms with Gasteiger partial charge >= 0.3 is 0 Å². The molecule has 1 unspecified atom stereocenters. The van der Waals surface area contributed by atoms with Gasteiger partial charge in [-0.25, -0.2) is 4.39 Å². The van der Waals surface area contributed by atoms with E-state index in [4.69, 9.17) is 4.74 Å². The van der Waals surface area contributed by atoms with Crippen LogP contribution in [0.3, 0.4) is 0 Å². The third-order valence-corrected chi connectivity index (χ3v) is 3.76. The number of ether oxygens (including phenoxy) is 1. The van der Waals surface area contributed by atoms with Crippen LogP contribution in [0.5, 0.6) is 5.75 Å². The topological polar surface area (TPSA) is 21.3 Å². The fraction of sp³-hybridized carbons (Fsp3) is 0.667. The number of nitrogens with one attached hydrogen (secondary N) is 1. The Morgan fingerprint density at radius 3 is 2.62 bits per heavy atom. The van der Waals surface area contributed by atoms with E-state index in [9.17, 15) is 4.39 Å². The van der Waals surface area contributed by atoms with Crippen molar-refractivity contribution in [2.24, 2.45) is 5.92 Å². The van der Waals surface area contributed by atoms with Crippen molar-refractivity contribution in [3.8, 4) is 5.75 Å². The lowest BCUT2D eigenvalue weighted by Crippen LogP contribution is -2.22. The van der Waals surface area contributed by atoms with Gasteiger partial charge in [0.25, 0.3) is 0 Å². The van der Waals surface area contributed by atoms with Crippen molar-refractivity contribution in [2.45, 2.75) is 66.0 Å². The van der Waals surface area contributed by atoms with Gasteiger partial charge in [0.05, 0.1) is 6.61 Å². The predicted molar refractivity (Wildman–Crippen MR) is 87.2 cm³/mol. The van der Waals surface area contributed by atoms with Crippen molar-refractivity contribution in [2.75, 3.05) is 6.61 Å². The van der Waals surface area contributed by atoms with Crippen LogP contribution in [0.25, 0.3) is 0 Å². The van der Waals surface area contributed by atoms with Crippen LogP contribution in [-0.4, -0.2) is 12.6 Å². The first-order valence-electron chi connectivity index (χ1n) is 8.22. The lowest BCUT2D eigenvalue weighted by Gasteiger charge is -2.18. The van der Waals surface area contributed by atoms with E-state index in [1.807, 2.05) is 6.07 Å². The third kappa shape index (κ3) is 6.47. The molecule has 0 saturated heterocycles. The van der Waals surface area contributed by atoms with Crippen molar-refractivity contribution in [1.29, 1.82) is 0 Å². The molecule has 1 rings (SSSR count). The van der Waals surface area contributed by atoms with Crippen molar-refractivity contribution < 1.29 is 9.13 Å². The highest BCUT2D eigenvalue weighted by Gasteiger charge is 2.13. The summed E-state index contributed by atoms with van der Waals surface area (Å²) in [7, 11) is 0. The minimum Gasteiger partial charge on any atom is -0.490 e. The molecule has 0 saturated carbocycles. The molecular formula is C18H30FNO. The fourth-order valence-electron chi connectivity index (χ4n) is 2.27. The zero-order valence-electron chi connectivity index (χ0n) is 13.9. The zero-order valence-corrected chi connectivity index (χ0v) is 13.9. The number of rotatable bonds is 10. The normalized spacial score (nSPS) is 12.7. The first kappa shape index (κ1) is 18.0. The van der Waals surface area contributed by atoms with Crippen LogP contribution in [0.1, 0.15) is 58.9 Å². The first-order valence-corrected chi connectivity index (χ1v) is 8.22. The van der Waals surface area contributed by atoms with Crippen molar-refractivity contribution in [3.05, 3.63) is 29.6 Å². The molecule has 0 fully saturated rings. The molecule has 0 aromatic heterocycles. The van der Waals surface area contributed by atoms with Crippen molar-refractivity contribution >= 4 is 0 Å². The second-order valence-corrected chi connectivity index (χ2v) is 5.99. The summed E-state index contributed by atoms with van der Waals surface area (Å²) < 4.78 is 19.9. The van der Waals surface area contributed by atoms with E-state index in [1.165, 1.54) is 18.9 Å². The van der Waals surface area contributed by atoms with Crippen molar-refractivity contribution in [3.63, 3.8) is 0 Å². The summed E-state index contributed by atoms with van der Waals surface area (Å²) in [5.74, 6) is 0.666. The van der Waals surface area contributed by atoms with Gasteiger partial charge in [-0.1, -0.05) is 59.1 Å². The molecular weight excluding hydrogens is 265 g/mol. The molecule has 0 aliphatic carbocycles. The van der Waals surface area contributed by atoms with E-state index in [0.717, 1.165) is 18.4 Å². The Balaban J connectivity index is 2.67. The van der Waals surface area contributed by atoms with E-state index in [1.54, 1.807) is 6.07 Å². The van der Waals surface area contributed by atoms with Crippen molar-refractivity contribution in [1.82, 2.24) is 5.32 Å². The Bertz CT molecular complexity index is 406. The SMILES string of the molecule is CCCCC(CC)COc1c(F)cccc1CNC(C)C. The molecule has 21 heavy (non-hydrogen) atoms. The molecule has 0 bridgehead atoms. The predicted octanol–water partition coefficient (Wildman–Crippen LogP) is 4.92. The second-order valence-electron chi connectivity index (χ2n) is 5.99. The van der Waals surface area contributed by atoms with E-state index >= 15 is 0 Å². The van der Waals surface area contributed by atoms with Crippen LogP contribution in [0.15, 0.2) is 18.2 Å². The van der Waals surface area contributed by atoms with E-state index in [-0.39, 0.29) is 5.82 Å². The minimum absolute atomic E-state index is 0.261. The van der Waals surface area contributed by atoms with Gasteiger partial charge < -0.3 is 10.1 Å². The van der Waals surface area contributed by atoms with Crippen LogP contribution >= 0.6 is 0 Å². The van der Waals surface area contributed by atoms with Gasteiger partial charge in [0.1, 0.15) is 0 Å². The Kier molecular flexibility index (Phi) is 8.36. The highest BCUT2D eigenvalue weighted by molar-refractivity contribution is 5.35. The van der Waals surface area contributed by atoms with E-state index < -0.39 is 0 Å². The molecule has 0 amide bonds. The molecule has 0 aliphatic heterocycles. The van der Waals surface area contributed by atoms with Gasteiger partial charge in [0, 0.05) is 18.2 Å². The summed E-state index contributed by atoms with van der Waals surface area (Å²) in [5, 5.41) is 3.32. The van der Waals surface area contributed by atoms with Crippen LogP contribution in [0.4, 0.5) is 4.39 Å². The standard InChI is InChI=1S/C18H30FNO/c1-5-7-9-15(6-2)13-21-18-16(12-20-14(3)4)10-8-11-17(18)19/h8,10-11,14-15,20H,5-7,9,12-13H2,1-4H3. The number of halogens is 1. The van der Waals surface area contributed by atoms with Crippen LogP contribution in [0, 0.1) is 11.7 Å². The van der Waals surface area contributed by atoms with E-state index in [0.29, 0.717) is 30.9 Å². The Morgan fingerprint density at radius 2 is 2.00 bits per heavy atom. The molecule has 0 radical (unpaired) electrons. The highest BCUT2D eigenvalue weighted by Crippen LogP contribution is 2.24. The molecule has 1 aromatic carbocycles. The smallest absolute Gasteiger partial charge is 0.165 e. The molecule has 1 atom stereocenters. The summed E-state index contributed by atoms with van der Waals surface area (Å²) in [5.41, 5.74) is 0.897. The van der Waals surface area contributed by atoms with Gasteiger partial charge in [-0.3, -0.25) is 0 Å². The molecule has 0 aliphatic rings. The van der Waals surface area contributed by atoms with Crippen LogP contribution in [-0.2, 0) is 6.54 Å². The summed E-state index contributed by atoms with van der Waals surface area (Å²) in [4.78, 5) is 0. The molecule has 0 heterocycles. The Morgan fingerprint density at radius 1 is 1.24 bits per heavy atom. The maximum atomic E-state index is 14.0. The monoisotopic (exact) mass is 295 g/mol. The summed E-state index contributed by atoms with van der Waals surface area (Å²) in [6, 6.07) is 5.52. The molecule has 2 nitrogen and oxygen atoms in total. The zero-order chi connectivity index (χ0) is 15.7. The largest absolute Gasteiger partial charge is 0.490 e. The molecule has 0 spiro atoms. The van der Waals surface area contributed by atoms with Gasteiger partial charge in [-0.05, 0) is 18.4 Å². The number of hydrogen-bond donors (Lipinski definition) is 1. The van der Waals surface area contributed by atoms with Gasteiger partial charge in [0.15, 0.2) is 11.6 Å². The summed E-state index contributed by atoms with van der Waals surface area (Å²) in [6.45, 7) is 9.77. The number of para-hydroxylation sites is 1. The van der Waals surface area contributed by atoms with Gasteiger partial charge in [-0.15, -0.1) is 0 Å². The fourth-order valence-corrected chi connectivity index (χ4v) is 2.27. The quantitative estimate of drug-likeness (QED) is 0.661. The van der Waals surface area contributed by atoms with E-state index in [2.05, 4.69) is 33.0 Å². The van der Waals surface area contributed by atoms with Crippen LogP contribution in [0.2, 0.25) is 0 Å². The average molecular weight is 295 g/mol. The highest BCUT2D eigenvalue weighted by atomic mass is 19.1. The molecule has 1 N–H and O–H groups in total. The molecule has 1 aromatic rings. The Labute approximate surface area is 129 Å². The maximum Gasteiger partial charge on any atom is 0.165 e. The summed E-state index contributed by atoms with van der Waals surface area (Å²) >= 11 is 0. The molecule has 120 valence electrons. The molecule has 3 heteroatoms. The third-order valence-electron chi connectivity index (χ3n) is 3.76. The number of benzene rings is 1. The second kappa shape index (κ2) is 9.78. The average Bonchev–Trinajstić information content (AvgIpc) is 2.46. The summed E-state index contributed by atoms with van der Waals surface area (Å²) in [6.07, 6.45) is 4.63. The van der Waals surface area contributed by atoms with Crippen LogP contribution < -0.4 is 10.1 Å². The number of unbranched alkanes of at least 4 members (excludes halogenated alkanes) is 1. The maximum absolute atomic E-state index is 14.0. The number of hydrogen-bond acceptors (Lipinski definition) is 2. The first-order chi connectivity index (χ1) is 10.1. The lowest BCUT2D eigenvalue weighted by atomic mass is 10.0. The lowest BCUT2D eigenvalue weighted by molar-refractivity contribution is 0.222. The van der Waals surface area contributed by atoms with Gasteiger partial charge in [0.2, 0.25) is 0 Å². The van der Waals surface area contributed by atoms with Gasteiger partial charge in [-0.2, -0.15) is 0 Å². The minimum atomic E-state index is -0.261. The Hall–Kier alpha value is -1.09.